The van der Waals surface area contributed by atoms with E-state index in [0.717, 1.165) is 24.8 Å². The first-order valence-electron chi connectivity index (χ1n) is 8.16. The molecule has 0 spiro atoms. The fraction of sp³-hybridized carbons (Fsp3) is 0.273. The number of rotatable bonds is 7. The van der Waals surface area contributed by atoms with E-state index in [-0.39, 0.29) is 0 Å². The van der Waals surface area contributed by atoms with Crippen molar-refractivity contribution in [3.05, 3.63) is 89.0 Å². The van der Waals surface area contributed by atoms with E-state index in [9.17, 15) is 0 Å². The Morgan fingerprint density at radius 2 is 1.57 bits per heavy atom. The molecule has 1 aromatic carbocycles. The maximum atomic E-state index is 4.24. The first kappa shape index (κ1) is 19.0. The molecule has 0 nitrogen and oxygen atoms in total. The second kappa shape index (κ2) is 8.57. The van der Waals surface area contributed by atoms with Gasteiger partial charge >= 0.3 is 0 Å². The molecule has 23 heavy (non-hydrogen) atoms. The van der Waals surface area contributed by atoms with Gasteiger partial charge < -0.3 is 0 Å². The van der Waals surface area contributed by atoms with E-state index in [2.05, 4.69) is 84.7 Å². The van der Waals surface area contributed by atoms with Gasteiger partial charge in [-0.15, -0.1) is 12.1 Å². The van der Waals surface area contributed by atoms with E-state index in [1.54, 1.807) is 0 Å². The largest absolute Gasteiger partial charge is 0.185 e. The highest BCUT2D eigenvalue weighted by molar-refractivity contribution is 6.60. The molecule has 0 atom stereocenters. The molecule has 0 N–H and O–H groups in total. The van der Waals surface area contributed by atoms with Gasteiger partial charge in [-0.05, 0) is 62.0 Å². The van der Waals surface area contributed by atoms with E-state index < -0.39 is 0 Å². The van der Waals surface area contributed by atoms with Crippen molar-refractivity contribution in [1.82, 2.24) is 0 Å². The molecule has 0 saturated carbocycles. The highest BCUT2D eigenvalue weighted by Crippen LogP contribution is 2.26. The van der Waals surface area contributed by atoms with Gasteiger partial charge in [0.1, 0.15) is 0 Å². The van der Waals surface area contributed by atoms with Gasteiger partial charge in [-0.2, -0.15) is 0 Å². The first-order valence-corrected chi connectivity index (χ1v) is 8.16. The van der Waals surface area contributed by atoms with Crippen molar-refractivity contribution in [2.45, 2.75) is 41.0 Å². The van der Waals surface area contributed by atoms with Gasteiger partial charge in [-0.1, -0.05) is 61.5 Å². The number of hydrogen-bond acceptors (Lipinski definition) is 0. The molecule has 120 valence electrons. The molecular weight excluding hydrogens is 275 g/mol. The summed E-state index contributed by atoms with van der Waals surface area (Å²) >= 11 is 0. The summed E-state index contributed by atoms with van der Waals surface area (Å²) in [6.45, 7) is 22.8. The molecule has 0 aliphatic carbocycles. The number of allylic oxidation sites excluding steroid dienone is 7. The molecule has 0 amide bonds. The third kappa shape index (κ3) is 5.60. The number of benzene rings is 1. The van der Waals surface area contributed by atoms with Crippen molar-refractivity contribution >= 4 is 12.7 Å². The molecule has 0 bridgehead atoms. The quantitative estimate of drug-likeness (QED) is 0.477. The summed E-state index contributed by atoms with van der Waals surface area (Å²) in [6.07, 6.45) is 3.00. The molecule has 1 aromatic rings. The third-order valence-corrected chi connectivity index (χ3v) is 4.24. The molecule has 0 unspecified atom stereocenters. The highest BCUT2D eigenvalue weighted by atomic mass is 14.1. The van der Waals surface area contributed by atoms with E-state index in [1.807, 2.05) is 0 Å². The highest BCUT2D eigenvalue weighted by Gasteiger charge is 2.09. The Morgan fingerprint density at radius 3 is 2.00 bits per heavy atom. The summed E-state index contributed by atoms with van der Waals surface area (Å²) < 4.78 is 0. The molecule has 0 fully saturated rings. The predicted molar refractivity (Wildman–Crippen MR) is 108 cm³/mol. The van der Waals surface area contributed by atoms with Crippen LogP contribution in [0.15, 0.2) is 83.4 Å². The lowest BCUT2D eigenvalue weighted by molar-refractivity contribution is 1.10. The zero-order chi connectivity index (χ0) is 17.6. The Kier molecular flexibility index (Phi) is 7.09. The van der Waals surface area contributed by atoms with Gasteiger partial charge in [0.15, 0.2) is 7.28 Å². The van der Waals surface area contributed by atoms with Crippen molar-refractivity contribution in [2.24, 2.45) is 0 Å². The fourth-order valence-electron chi connectivity index (χ4n) is 2.58. The standard InChI is InChI=1S/C22H29B/c1-9-17(6)18(7)19(8)22(15(2)3)14-20-10-12-21(13-11-20)23-16(4)5/h9-13,23H,2,4,7,14H2,1,3,5-6,8H3/b17-9-,22-19+. The monoisotopic (exact) mass is 304 g/mol. The van der Waals surface area contributed by atoms with Crippen LogP contribution >= 0.6 is 0 Å². The molecule has 0 heterocycles. The Labute approximate surface area is 143 Å². The summed E-state index contributed by atoms with van der Waals surface area (Å²) in [5.41, 5.74) is 9.75. The first-order chi connectivity index (χ1) is 10.8. The number of hydrogen-bond donors (Lipinski definition) is 0. The van der Waals surface area contributed by atoms with Crippen molar-refractivity contribution in [3.63, 3.8) is 0 Å². The maximum absolute atomic E-state index is 4.24. The molecular formula is C22H29B. The van der Waals surface area contributed by atoms with Crippen LogP contribution in [0.3, 0.4) is 0 Å². The van der Waals surface area contributed by atoms with Crippen molar-refractivity contribution in [1.29, 1.82) is 0 Å². The molecule has 0 aromatic heterocycles. The fourth-order valence-corrected chi connectivity index (χ4v) is 2.58. The van der Waals surface area contributed by atoms with Crippen LogP contribution in [0, 0.1) is 0 Å². The van der Waals surface area contributed by atoms with Crippen LogP contribution in [0.4, 0.5) is 0 Å². The second-order valence-electron chi connectivity index (χ2n) is 6.46. The van der Waals surface area contributed by atoms with Crippen molar-refractivity contribution in [3.8, 4) is 0 Å². The zero-order valence-corrected chi connectivity index (χ0v) is 15.4. The lowest BCUT2D eigenvalue weighted by atomic mass is 9.64. The molecule has 1 heteroatoms. The van der Waals surface area contributed by atoms with E-state index in [1.165, 1.54) is 33.2 Å². The minimum absolute atomic E-state index is 0.893. The van der Waals surface area contributed by atoms with E-state index in [4.69, 9.17) is 0 Å². The topological polar surface area (TPSA) is 0 Å². The average Bonchev–Trinajstić information content (AvgIpc) is 2.51. The predicted octanol–water partition coefficient (Wildman–Crippen LogP) is 5.24. The Balaban J connectivity index is 3.07. The van der Waals surface area contributed by atoms with Crippen molar-refractivity contribution < 1.29 is 0 Å². The smallest absolute Gasteiger partial charge is 0.110 e. The summed E-state index contributed by atoms with van der Waals surface area (Å²) in [5.74, 6) is 0. The summed E-state index contributed by atoms with van der Waals surface area (Å²) in [7, 11) is 0.944. The lowest BCUT2D eigenvalue weighted by Gasteiger charge is -2.16. The Hall–Kier alpha value is -2.02. The van der Waals surface area contributed by atoms with Crippen LogP contribution in [0.5, 0.6) is 0 Å². The molecule has 0 radical (unpaired) electrons. The van der Waals surface area contributed by atoms with Gasteiger partial charge in [-0.25, -0.2) is 0 Å². The van der Waals surface area contributed by atoms with E-state index in [0.29, 0.717) is 0 Å². The van der Waals surface area contributed by atoms with Crippen LogP contribution in [-0.4, -0.2) is 7.28 Å². The van der Waals surface area contributed by atoms with Gasteiger partial charge in [0, 0.05) is 0 Å². The maximum Gasteiger partial charge on any atom is 0.185 e. The Morgan fingerprint density at radius 1 is 1.00 bits per heavy atom. The van der Waals surface area contributed by atoms with E-state index >= 15 is 0 Å². The minimum atomic E-state index is 0.893. The summed E-state index contributed by atoms with van der Waals surface area (Å²) in [4.78, 5) is 0. The van der Waals surface area contributed by atoms with Crippen LogP contribution in [-0.2, 0) is 6.42 Å². The normalized spacial score (nSPS) is 12.5. The molecule has 0 saturated heterocycles. The lowest BCUT2D eigenvalue weighted by Crippen LogP contribution is -2.14. The van der Waals surface area contributed by atoms with Crippen LogP contribution in [0.2, 0.25) is 0 Å². The Bertz CT molecular complexity index is 666. The summed E-state index contributed by atoms with van der Waals surface area (Å²) in [5, 5.41) is 0. The third-order valence-electron chi connectivity index (χ3n) is 4.24. The molecule has 1 rings (SSSR count). The van der Waals surface area contributed by atoms with Gasteiger partial charge in [-0.3, -0.25) is 0 Å². The van der Waals surface area contributed by atoms with Crippen LogP contribution < -0.4 is 5.46 Å². The molecule has 0 aliphatic rings. The average molecular weight is 304 g/mol. The second-order valence-corrected chi connectivity index (χ2v) is 6.46. The van der Waals surface area contributed by atoms with Gasteiger partial charge in [0.05, 0.1) is 0 Å². The minimum Gasteiger partial charge on any atom is -0.110 e. The van der Waals surface area contributed by atoms with Gasteiger partial charge in [0.2, 0.25) is 0 Å². The van der Waals surface area contributed by atoms with Crippen LogP contribution in [0.25, 0.3) is 0 Å². The van der Waals surface area contributed by atoms with Crippen LogP contribution in [0.1, 0.15) is 40.2 Å². The van der Waals surface area contributed by atoms with Crippen molar-refractivity contribution in [2.75, 3.05) is 0 Å². The zero-order valence-electron chi connectivity index (χ0n) is 15.4. The van der Waals surface area contributed by atoms with Gasteiger partial charge in [0.25, 0.3) is 0 Å². The SMILES string of the molecule is C=C(C)Bc1ccc(C/C(C(=C)C)=C(/C)C(=C)/C(C)=C\C)cc1. The summed E-state index contributed by atoms with van der Waals surface area (Å²) in [6, 6.07) is 8.81. The molecule has 0 aliphatic heterocycles.